The van der Waals surface area contributed by atoms with E-state index in [2.05, 4.69) is 0 Å². The standard InChI is InChI=1S/C22H16O10/c1-8(23)30-21-17(10-3-4-12(25)13(26)5-10)19(29)20-18(22(21)31-9(2)24)11-6-14(27)15(28)7-16(11)32-20/h3-7,25-29H,1-2H3. The fourth-order valence-electron chi connectivity index (χ4n) is 3.39. The number of esters is 2. The van der Waals surface area contributed by atoms with Gasteiger partial charge in [-0.25, -0.2) is 0 Å². The second-order valence-electron chi connectivity index (χ2n) is 6.92. The van der Waals surface area contributed by atoms with E-state index in [0.717, 1.165) is 38.1 Å². The first-order valence-electron chi connectivity index (χ1n) is 9.14. The van der Waals surface area contributed by atoms with Crippen LogP contribution in [0.1, 0.15) is 13.8 Å². The van der Waals surface area contributed by atoms with Gasteiger partial charge in [-0.05, 0) is 23.8 Å². The number of furan rings is 1. The minimum atomic E-state index is -0.810. The fraction of sp³-hybridized carbons (Fsp3) is 0.0909. The molecule has 4 aromatic rings. The number of ether oxygens (including phenoxy) is 2. The van der Waals surface area contributed by atoms with Gasteiger partial charge in [0.2, 0.25) is 0 Å². The maximum Gasteiger partial charge on any atom is 0.308 e. The van der Waals surface area contributed by atoms with Crippen molar-refractivity contribution in [1.29, 1.82) is 0 Å². The zero-order valence-electron chi connectivity index (χ0n) is 16.7. The number of rotatable bonds is 3. The monoisotopic (exact) mass is 440 g/mol. The van der Waals surface area contributed by atoms with Gasteiger partial charge in [-0.1, -0.05) is 6.07 Å². The van der Waals surface area contributed by atoms with Gasteiger partial charge < -0.3 is 39.4 Å². The van der Waals surface area contributed by atoms with Crippen LogP contribution >= 0.6 is 0 Å². The summed E-state index contributed by atoms with van der Waals surface area (Å²) in [5.74, 6) is -4.76. The van der Waals surface area contributed by atoms with E-state index in [0.29, 0.717) is 0 Å². The molecule has 32 heavy (non-hydrogen) atoms. The predicted molar refractivity (Wildman–Crippen MR) is 110 cm³/mol. The van der Waals surface area contributed by atoms with Crippen LogP contribution < -0.4 is 9.47 Å². The normalized spacial score (nSPS) is 11.1. The molecule has 0 aliphatic carbocycles. The summed E-state index contributed by atoms with van der Waals surface area (Å²) in [5.41, 5.74) is -0.263. The lowest BCUT2D eigenvalue weighted by atomic mass is 9.99. The summed E-state index contributed by atoms with van der Waals surface area (Å²) in [6.45, 7) is 2.20. The first-order valence-corrected chi connectivity index (χ1v) is 9.14. The van der Waals surface area contributed by atoms with Gasteiger partial charge in [0.25, 0.3) is 0 Å². The second kappa shape index (κ2) is 7.27. The summed E-state index contributed by atoms with van der Waals surface area (Å²) in [6, 6.07) is 5.79. The first kappa shape index (κ1) is 20.7. The van der Waals surface area contributed by atoms with E-state index < -0.39 is 40.7 Å². The molecular formula is C22H16O10. The minimum absolute atomic E-state index is 0.00833. The van der Waals surface area contributed by atoms with Crippen LogP contribution in [0.15, 0.2) is 34.7 Å². The third kappa shape index (κ3) is 3.23. The minimum Gasteiger partial charge on any atom is -0.504 e. The molecule has 0 saturated carbocycles. The highest BCUT2D eigenvalue weighted by Crippen LogP contribution is 2.54. The largest absolute Gasteiger partial charge is 0.504 e. The molecule has 0 atom stereocenters. The van der Waals surface area contributed by atoms with Crippen LogP contribution in [-0.2, 0) is 9.59 Å². The van der Waals surface area contributed by atoms with Gasteiger partial charge in [0, 0.05) is 25.3 Å². The molecule has 0 amide bonds. The number of phenolic OH excluding ortho intramolecular Hbond substituents is 5. The molecule has 5 N–H and O–H groups in total. The Kier molecular flexibility index (Phi) is 4.70. The lowest BCUT2D eigenvalue weighted by Gasteiger charge is -2.16. The van der Waals surface area contributed by atoms with Gasteiger partial charge in [-0.3, -0.25) is 9.59 Å². The Labute approximate surface area is 179 Å². The van der Waals surface area contributed by atoms with Crippen molar-refractivity contribution in [3.63, 3.8) is 0 Å². The topological polar surface area (TPSA) is 167 Å². The van der Waals surface area contributed by atoms with Crippen molar-refractivity contribution in [2.75, 3.05) is 0 Å². The molecule has 3 aromatic carbocycles. The Bertz CT molecular complexity index is 1430. The molecule has 0 unspecified atom stereocenters. The molecule has 10 heteroatoms. The predicted octanol–water partition coefficient (Wildman–Crippen LogP) is 3.63. The SMILES string of the molecule is CC(=O)Oc1c(-c2ccc(O)c(O)c2)c(O)c2oc3cc(O)c(O)cc3c2c1OC(C)=O. The summed E-state index contributed by atoms with van der Waals surface area (Å²) in [4.78, 5) is 23.8. The lowest BCUT2D eigenvalue weighted by molar-refractivity contribution is -0.134. The van der Waals surface area contributed by atoms with Gasteiger partial charge in [-0.15, -0.1) is 0 Å². The number of hydrogen-bond acceptors (Lipinski definition) is 10. The van der Waals surface area contributed by atoms with Crippen LogP contribution in [0.3, 0.4) is 0 Å². The van der Waals surface area contributed by atoms with Crippen LogP contribution in [0.2, 0.25) is 0 Å². The molecule has 0 aliphatic rings. The molecular weight excluding hydrogens is 424 g/mol. The zero-order valence-corrected chi connectivity index (χ0v) is 16.7. The number of aromatic hydroxyl groups is 5. The van der Waals surface area contributed by atoms with Crippen molar-refractivity contribution in [3.8, 4) is 51.4 Å². The van der Waals surface area contributed by atoms with E-state index in [-0.39, 0.29) is 44.6 Å². The average molecular weight is 440 g/mol. The Morgan fingerprint density at radius 2 is 1.38 bits per heavy atom. The third-order valence-corrected chi connectivity index (χ3v) is 4.65. The maximum atomic E-state index is 11.9. The Morgan fingerprint density at radius 3 is 2.00 bits per heavy atom. The first-order chi connectivity index (χ1) is 15.1. The molecule has 0 fully saturated rings. The van der Waals surface area contributed by atoms with E-state index in [1.54, 1.807) is 0 Å². The molecule has 0 bridgehead atoms. The van der Waals surface area contributed by atoms with E-state index in [4.69, 9.17) is 13.9 Å². The summed E-state index contributed by atoms with van der Waals surface area (Å²) in [6.07, 6.45) is 0. The van der Waals surface area contributed by atoms with Crippen LogP contribution in [0, 0.1) is 0 Å². The van der Waals surface area contributed by atoms with Crippen molar-refractivity contribution in [1.82, 2.24) is 0 Å². The van der Waals surface area contributed by atoms with Crippen LogP contribution in [-0.4, -0.2) is 37.5 Å². The van der Waals surface area contributed by atoms with Crippen LogP contribution in [0.5, 0.6) is 40.2 Å². The Hall–Kier alpha value is -4.60. The lowest BCUT2D eigenvalue weighted by Crippen LogP contribution is -2.09. The third-order valence-electron chi connectivity index (χ3n) is 4.65. The number of carbonyl (C=O) groups excluding carboxylic acids is 2. The molecule has 0 radical (unpaired) electrons. The number of hydrogen-bond donors (Lipinski definition) is 5. The van der Waals surface area contributed by atoms with Crippen molar-refractivity contribution < 1.29 is 49.0 Å². The van der Waals surface area contributed by atoms with Crippen LogP contribution in [0.4, 0.5) is 0 Å². The van der Waals surface area contributed by atoms with Gasteiger partial charge in [0.15, 0.2) is 45.8 Å². The van der Waals surface area contributed by atoms with E-state index >= 15 is 0 Å². The number of phenols is 5. The molecule has 1 heterocycles. The van der Waals surface area contributed by atoms with E-state index in [9.17, 15) is 35.1 Å². The molecule has 0 saturated heterocycles. The fourth-order valence-corrected chi connectivity index (χ4v) is 3.39. The highest BCUT2D eigenvalue weighted by molar-refractivity contribution is 6.15. The summed E-state index contributed by atoms with van der Waals surface area (Å²) < 4.78 is 16.3. The quantitative estimate of drug-likeness (QED) is 0.180. The van der Waals surface area contributed by atoms with Crippen molar-refractivity contribution in [2.45, 2.75) is 13.8 Å². The highest BCUT2D eigenvalue weighted by Gasteiger charge is 2.30. The molecule has 0 spiro atoms. The van der Waals surface area contributed by atoms with Crippen molar-refractivity contribution in [2.24, 2.45) is 0 Å². The molecule has 4 rings (SSSR count). The van der Waals surface area contributed by atoms with Gasteiger partial charge in [-0.2, -0.15) is 0 Å². The summed E-state index contributed by atoms with van der Waals surface area (Å²) in [7, 11) is 0. The van der Waals surface area contributed by atoms with Gasteiger partial charge in [0.05, 0.1) is 10.9 Å². The molecule has 10 nitrogen and oxygen atoms in total. The smallest absolute Gasteiger partial charge is 0.308 e. The van der Waals surface area contributed by atoms with Gasteiger partial charge in [0.1, 0.15) is 5.58 Å². The highest BCUT2D eigenvalue weighted by atomic mass is 16.6. The average Bonchev–Trinajstić information content (AvgIpc) is 3.06. The number of carbonyl (C=O) groups is 2. The second-order valence-corrected chi connectivity index (χ2v) is 6.92. The van der Waals surface area contributed by atoms with Crippen LogP contribution in [0.25, 0.3) is 33.1 Å². The summed E-state index contributed by atoms with van der Waals surface area (Å²) >= 11 is 0. The zero-order chi connectivity index (χ0) is 23.3. The van der Waals surface area contributed by atoms with Gasteiger partial charge >= 0.3 is 11.9 Å². The Morgan fingerprint density at radius 1 is 0.781 bits per heavy atom. The van der Waals surface area contributed by atoms with Crippen molar-refractivity contribution >= 4 is 33.9 Å². The van der Waals surface area contributed by atoms with E-state index in [1.807, 2.05) is 0 Å². The molecule has 1 aromatic heterocycles. The maximum absolute atomic E-state index is 11.9. The number of fused-ring (bicyclic) bond motifs is 3. The van der Waals surface area contributed by atoms with E-state index in [1.165, 1.54) is 6.07 Å². The summed E-state index contributed by atoms with van der Waals surface area (Å²) in [5, 5.41) is 50.5. The Balaban J connectivity index is 2.23. The molecule has 0 aliphatic heterocycles. The van der Waals surface area contributed by atoms with Crippen molar-refractivity contribution in [3.05, 3.63) is 30.3 Å². The number of benzene rings is 3. The molecule has 164 valence electrons.